The number of amides is 2. The molecule has 2 aromatic rings. The molecule has 1 aliphatic carbocycles. The average molecular weight is 385 g/mol. The van der Waals surface area contributed by atoms with Crippen LogP contribution in [0.25, 0.3) is 0 Å². The van der Waals surface area contributed by atoms with E-state index < -0.39 is 0 Å². The number of rotatable bonds is 7. The number of nitrogens with one attached hydrogen (secondary N) is 2. The minimum absolute atomic E-state index is 0.0310. The van der Waals surface area contributed by atoms with Crippen molar-refractivity contribution in [3.63, 3.8) is 0 Å². The number of carbonyl (C=O) groups is 1. The summed E-state index contributed by atoms with van der Waals surface area (Å²) >= 11 is 5.99. The number of aryl methyl sites for hydroxylation is 1. The van der Waals surface area contributed by atoms with E-state index in [-0.39, 0.29) is 12.1 Å². The molecule has 1 fully saturated rings. The van der Waals surface area contributed by atoms with E-state index in [0.29, 0.717) is 5.92 Å². The molecule has 1 saturated carbocycles. The van der Waals surface area contributed by atoms with Gasteiger partial charge >= 0.3 is 6.03 Å². The van der Waals surface area contributed by atoms with Crippen LogP contribution in [0.4, 0.5) is 4.79 Å². The monoisotopic (exact) mass is 384 g/mol. The lowest BCUT2D eigenvalue weighted by molar-refractivity contribution is 0.230. The number of halogens is 1. The third-order valence-electron chi connectivity index (χ3n) is 5.37. The molecule has 0 bridgehead atoms. The molecule has 0 aliphatic heterocycles. The van der Waals surface area contributed by atoms with E-state index in [4.69, 9.17) is 11.6 Å². The second kappa shape index (κ2) is 10.4. The van der Waals surface area contributed by atoms with Crippen molar-refractivity contribution in [2.24, 2.45) is 0 Å². The summed E-state index contributed by atoms with van der Waals surface area (Å²) in [5, 5.41) is 6.95. The van der Waals surface area contributed by atoms with Gasteiger partial charge in [0, 0.05) is 17.6 Å². The van der Waals surface area contributed by atoms with Gasteiger partial charge in [0.2, 0.25) is 0 Å². The molecule has 0 heterocycles. The highest BCUT2D eigenvalue weighted by atomic mass is 35.5. The fraction of sp³-hybridized carbons (Fsp3) is 0.435. The molecule has 0 aromatic heterocycles. The first-order valence-corrected chi connectivity index (χ1v) is 10.4. The van der Waals surface area contributed by atoms with E-state index >= 15 is 0 Å². The van der Waals surface area contributed by atoms with Gasteiger partial charge in [-0.3, -0.25) is 0 Å². The van der Waals surface area contributed by atoms with E-state index in [9.17, 15) is 4.79 Å². The van der Waals surface area contributed by atoms with Crippen LogP contribution in [-0.4, -0.2) is 18.6 Å². The zero-order valence-corrected chi connectivity index (χ0v) is 16.5. The summed E-state index contributed by atoms with van der Waals surface area (Å²) in [5.41, 5.74) is 2.68. The van der Waals surface area contributed by atoms with Crippen molar-refractivity contribution in [2.75, 3.05) is 6.54 Å². The van der Waals surface area contributed by atoms with Gasteiger partial charge in [-0.2, -0.15) is 0 Å². The van der Waals surface area contributed by atoms with Crippen molar-refractivity contribution >= 4 is 17.6 Å². The fourth-order valence-corrected chi connectivity index (χ4v) is 4.02. The predicted molar refractivity (Wildman–Crippen MR) is 112 cm³/mol. The second-order valence-electron chi connectivity index (χ2n) is 7.45. The van der Waals surface area contributed by atoms with Gasteiger partial charge in [0.25, 0.3) is 0 Å². The summed E-state index contributed by atoms with van der Waals surface area (Å²) < 4.78 is 0. The lowest BCUT2D eigenvalue weighted by Gasteiger charge is -2.30. The molecular weight excluding hydrogens is 356 g/mol. The molecule has 2 unspecified atom stereocenters. The Kier molecular flexibility index (Phi) is 7.58. The van der Waals surface area contributed by atoms with Gasteiger partial charge < -0.3 is 10.6 Å². The van der Waals surface area contributed by atoms with Crippen molar-refractivity contribution in [3.05, 3.63) is 70.7 Å². The average Bonchev–Trinajstić information content (AvgIpc) is 2.69. The van der Waals surface area contributed by atoms with Crippen molar-refractivity contribution in [1.29, 1.82) is 0 Å². The lowest BCUT2D eigenvalue weighted by Crippen LogP contribution is -2.44. The molecule has 2 amide bonds. The smallest absolute Gasteiger partial charge is 0.315 e. The number of hydrogen-bond donors (Lipinski definition) is 2. The zero-order chi connectivity index (χ0) is 18.9. The summed E-state index contributed by atoms with van der Waals surface area (Å²) in [5.74, 6) is 0.507. The van der Waals surface area contributed by atoms with E-state index in [0.717, 1.165) is 50.1 Å². The Balaban J connectivity index is 1.34. The van der Waals surface area contributed by atoms with Crippen LogP contribution < -0.4 is 10.6 Å². The molecule has 2 atom stereocenters. The Hall–Kier alpha value is -2.00. The molecule has 4 heteroatoms. The van der Waals surface area contributed by atoms with Crippen LogP contribution in [0.5, 0.6) is 0 Å². The second-order valence-corrected chi connectivity index (χ2v) is 7.89. The number of carbonyl (C=O) groups excluding carboxylic acids is 1. The minimum atomic E-state index is -0.0310. The zero-order valence-electron chi connectivity index (χ0n) is 15.8. The van der Waals surface area contributed by atoms with E-state index in [1.54, 1.807) is 0 Å². The standard InChI is InChI=1S/C23H29ClN2O/c24-21-14-12-19(13-15-21)20-10-6-11-22(17-20)26-23(27)25-16-5-4-9-18-7-2-1-3-8-18/h1-3,7-8,12-15,20,22H,4-6,9-11,16-17H2,(H2,25,26,27). The Labute approximate surface area is 167 Å². The van der Waals surface area contributed by atoms with Crippen molar-refractivity contribution in [2.45, 2.75) is 56.9 Å². The molecular formula is C23H29ClN2O. The van der Waals surface area contributed by atoms with Crippen LogP contribution >= 0.6 is 11.6 Å². The molecule has 0 radical (unpaired) electrons. The van der Waals surface area contributed by atoms with Gasteiger partial charge in [0.15, 0.2) is 0 Å². The SMILES string of the molecule is O=C(NCCCCc1ccccc1)NC1CCCC(c2ccc(Cl)cc2)C1. The van der Waals surface area contributed by atoms with Crippen LogP contribution in [0.1, 0.15) is 55.6 Å². The first kappa shape index (κ1) is 19.8. The molecule has 3 rings (SSSR count). The topological polar surface area (TPSA) is 41.1 Å². The molecule has 1 aliphatic rings. The number of hydrogen-bond acceptors (Lipinski definition) is 1. The number of unbranched alkanes of at least 4 members (excludes halogenated alkanes) is 1. The lowest BCUT2D eigenvalue weighted by atomic mass is 9.81. The van der Waals surface area contributed by atoms with Crippen molar-refractivity contribution < 1.29 is 4.79 Å². The Bertz CT molecular complexity index is 702. The molecule has 2 N–H and O–H groups in total. The van der Waals surface area contributed by atoms with Gasteiger partial charge in [0.05, 0.1) is 0 Å². The molecule has 144 valence electrons. The maximum absolute atomic E-state index is 12.2. The predicted octanol–water partition coefficient (Wildman–Crippen LogP) is 5.69. The van der Waals surface area contributed by atoms with Crippen LogP contribution in [0.3, 0.4) is 0 Å². The number of benzene rings is 2. The van der Waals surface area contributed by atoms with Crippen LogP contribution in [-0.2, 0) is 6.42 Å². The summed E-state index contributed by atoms with van der Waals surface area (Å²) in [6.45, 7) is 0.728. The van der Waals surface area contributed by atoms with Gasteiger partial charge in [-0.05, 0) is 67.7 Å². The van der Waals surface area contributed by atoms with Crippen LogP contribution in [0.15, 0.2) is 54.6 Å². The summed E-state index contributed by atoms with van der Waals surface area (Å²) in [4.78, 5) is 12.2. The molecule has 3 nitrogen and oxygen atoms in total. The third kappa shape index (κ3) is 6.59. The number of urea groups is 1. The van der Waals surface area contributed by atoms with Crippen LogP contribution in [0.2, 0.25) is 5.02 Å². The van der Waals surface area contributed by atoms with Gasteiger partial charge in [0.1, 0.15) is 0 Å². The quantitative estimate of drug-likeness (QED) is 0.591. The maximum atomic E-state index is 12.2. The molecule has 0 spiro atoms. The van der Waals surface area contributed by atoms with E-state index in [1.807, 2.05) is 18.2 Å². The normalized spacial score (nSPS) is 19.4. The van der Waals surface area contributed by atoms with Crippen LogP contribution in [0, 0.1) is 0 Å². The summed E-state index contributed by atoms with van der Waals surface area (Å²) in [7, 11) is 0. The maximum Gasteiger partial charge on any atom is 0.315 e. The Morgan fingerprint density at radius 3 is 2.56 bits per heavy atom. The van der Waals surface area contributed by atoms with Gasteiger partial charge in [-0.25, -0.2) is 4.79 Å². The Morgan fingerprint density at radius 2 is 1.78 bits per heavy atom. The molecule has 27 heavy (non-hydrogen) atoms. The van der Waals surface area contributed by atoms with E-state index in [1.165, 1.54) is 17.5 Å². The highest BCUT2D eigenvalue weighted by Crippen LogP contribution is 2.33. The molecule has 0 saturated heterocycles. The summed E-state index contributed by atoms with van der Waals surface area (Å²) in [6.07, 6.45) is 7.55. The Morgan fingerprint density at radius 1 is 1.00 bits per heavy atom. The first-order chi connectivity index (χ1) is 13.2. The summed E-state index contributed by atoms with van der Waals surface area (Å²) in [6, 6.07) is 18.8. The molecule has 2 aromatic carbocycles. The largest absolute Gasteiger partial charge is 0.338 e. The van der Waals surface area contributed by atoms with Crippen molar-refractivity contribution in [1.82, 2.24) is 10.6 Å². The van der Waals surface area contributed by atoms with Gasteiger partial charge in [-0.1, -0.05) is 60.5 Å². The fourth-order valence-electron chi connectivity index (χ4n) is 3.90. The van der Waals surface area contributed by atoms with E-state index in [2.05, 4.69) is 47.0 Å². The van der Waals surface area contributed by atoms with Gasteiger partial charge in [-0.15, -0.1) is 0 Å². The third-order valence-corrected chi connectivity index (χ3v) is 5.62. The highest BCUT2D eigenvalue weighted by Gasteiger charge is 2.24. The minimum Gasteiger partial charge on any atom is -0.338 e. The highest BCUT2D eigenvalue weighted by molar-refractivity contribution is 6.30. The van der Waals surface area contributed by atoms with Crippen molar-refractivity contribution in [3.8, 4) is 0 Å². The first-order valence-electron chi connectivity index (χ1n) is 10.0.